The lowest BCUT2D eigenvalue weighted by molar-refractivity contribution is -0.126. The number of nitrogens with zero attached hydrogens (tertiary/aromatic N) is 1. The Morgan fingerprint density at radius 1 is 1.06 bits per heavy atom. The zero-order valence-corrected chi connectivity index (χ0v) is 19.9. The molecule has 0 aromatic heterocycles. The second-order valence-electron chi connectivity index (χ2n) is 10.8. The molecule has 2 aliphatic carbocycles. The van der Waals surface area contributed by atoms with Gasteiger partial charge in [-0.05, 0) is 59.8 Å². The zero-order valence-electron chi connectivity index (χ0n) is 19.9. The van der Waals surface area contributed by atoms with Crippen molar-refractivity contribution in [2.75, 3.05) is 6.54 Å². The number of piperidine rings is 1. The Labute approximate surface area is 188 Å². The summed E-state index contributed by atoms with van der Waals surface area (Å²) in [4.78, 5) is 28.0. The van der Waals surface area contributed by atoms with Gasteiger partial charge in [-0.15, -0.1) is 6.58 Å². The minimum absolute atomic E-state index is 0.0000907. The molecule has 2 N–H and O–H groups in total. The summed E-state index contributed by atoms with van der Waals surface area (Å²) in [5.74, 6) is -0.142. The van der Waals surface area contributed by atoms with Crippen molar-refractivity contribution in [1.82, 2.24) is 15.5 Å². The first-order valence-electron chi connectivity index (χ1n) is 12.0. The van der Waals surface area contributed by atoms with E-state index >= 15 is 0 Å². The highest BCUT2D eigenvalue weighted by molar-refractivity contribution is 5.97. The van der Waals surface area contributed by atoms with Crippen LogP contribution in [0.25, 0.3) is 0 Å². The molecular formula is C26H41N3O2. The molecule has 1 saturated heterocycles. The van der Waals surface area contributed by atoms with E-state index < -0.39 is 0 Å². The van der Waals surface area contributed by atoms with E-state index in [0.29, 0.717) is 18.0 Å². The number of allylic oxidation sites excluding steroid dienone is 1. The van der Waals surface area contributed by atoms with Gasteiger partial charge in [-0.3, -0.25) is 14.5 Å². The van der Waals surface area contributed by atoms with Gasteiger partial charge in [0.1, 0.15) is 0 Å². The van der Waals surface area contributed by atoms with Gasteiger partial charge in [0, 0.05) is 35.3 Å². The van der Waals surface area contributed by atoms with Gasteiger partial charge in [-0.1, -0.05) is 43.6 Å². The quantitative estimate of drug-likeness (QED) is 0.623. The number of hydrogen-bond acceptors (Lipinski definition) is 3. The van der Waals surface area contributed by atoms with Crippen LogP contribution in [0.2, 0.25) is 0 Å². The number of likely N-dealkylation sites (tertiary alicyclic amines) is 1. The lowest BCUT2D eigenvalue weighted by Crippen LogP contribution is -2.64. The summed E-state index contributed by atoms with van der Waals surface area (Å²) < 4.78 is 0. The van der Waals surface area contributed by atoms with E-state index in [1.54, 1.807) is 0 Å². The van der Waals surface area contributed by atoms with Crippen molar-refractivity contribution in [2.24, 2.45) is 5.92 Å². The van der Waals surface area contributed by atoms with Crippen molar-refractivity contribution >= 4 is 11.8 Å². The topological polar surface area (TPSA) is 61.4 Å². The summed E-state index contributed by atoms with van der Waals surface area (Å²) in [5, 5.41) is 6.46. The van der Waals surface area contributed by atoms with Crippen LogP contribution in [0.1, 0.15) is 79.1 Å². The molecule has 1 aliphatic heterocycles. The summed E-state index contributed by atoms with van der Waals surface area (Å²) >= 11 is 0. The number of nitrogens with one attached hydrogen (secondary N) is 2. The van der Waals surface area contributed by atoms with E-state index in [1.807, 2.05) is 24.3 Å². The van der Waals surface area contributed by atoms with E-state index in [0.717, 1.165) is 32.2 Å². The average Bonchev–Trinajstić information content (AvgIpc) is 2.71. The molecule has 3 aliphatic rings. The Morgan fingerprint density at radius 3 is 2.26 bits per heavy atom. The van der Waals surface area contributed by atoms with Crippen LogP contribution >= 0.6 is 0 Å². The monoisotopic (exact) mass is 427 g/mol. The highest BCUT2D eigenvalue weighted by Crippen LogP contribution is 2.38. The molecule has 3 rings (SSSR count). The minimum atomic E-state index is -0.205. The molecule has 0 aromatic carbocycles. The molecule has 5 nitrogen and oxygen atoms in total. The minimum Gasteiger partial charge on any atom is -0.353 e. The maximum atomic E-state index is 13.0. The second kappa shape index (κ2) is 9.72. The Bertz CT molecular complexity index is 726. The number of carbonyl (C=O) groups is 2. The van der Waals surface area contributed by atoms with E-state index in [-0.39, 0.29) is 34.9 Å². The summed E-state index contributed by atoms with van der Waals surface area (Å²) in [7, 11) is 0. The largest absolute Gasteiger partial charge is 0.353 e. The Hall–Kier alpha value is -1.88. The molecule has 1 saturated carbocycles. The molecule has 1 atom stereocenters. The van der Waals surface area contributed by atoms with Crippen LogP contribution in [0.3, 0.4) is 0 Å². The normalized spacial score (nSPS) is 26.7. The van der Waals surface area contributed by atoms with Gasteiger partial charge >= 0.3 is 0 Å². The van der Waals surface area contributed by atoms with Gasteiger partial charge in [0.25, 0.3) is 5.91 Å². The highest BCUT2D eigenvalue weighted by Gasteiger charge is 2.45. The van der Waals surface area contributed by atoms with Crippen LogP contribution in [0, 0.1) is 5.92 Å². The Kier molecular flexibility index (Phi) is 7.46. The molecule has 1 unspecified atom stereocenters. The van der Waals surface area contributed by atoms with Crippen molar-refractivity contribution in [3.8, 4) is 0 Å². The first-order chi connectivity index (χ1) is 14.6. The molecule has 31 heavy (non-hydrogen) atoms. The Balaban J connectivity index is 1.53. The van der Waals surface area contributed by atoms with E-state index in [2.05, 4.69) is 49.8 Å². The molecule has 0 aromatic rings. The smallest absolute Gasteiger partial charge is 0.251 e. The highest BCUT2D eigenvalue weighted by atomic mass is 16.2. The molecule has 0 spiro atoms. The first kappa shape index (κ1) is 23.8. The van der Waals surface area contributed by atoms with Gasteiger partial charge in [0.15, 0.2) is 0 Å². The SMILES string of the molecule is C=CCN1C(C)(C)CC(NC(=O)C2C=CC(C(=O)NC3CCCCC3)=CC2)CC1(C)C. The number of hydrogen-bond donors (Lipinski definition) is 2. The van der Waals surface area contributed by atoms with E-state index in [9.17, 15) is 9.59 Å². The molecular weight excluding hydrogens is 386 g/mol. The van der Waals surface area contributed by atoms with Crippen LogP contribution in [0.15, 0.2) is 36.5 Å². The molecule has 2 amide bonds. The van der Waals surface area contributed by atoms with Crippen LogP contribution < -0.4 is 10.6 Å². The molecule has 5 heteroatoms. The third-order valence-corrected chi connectivity index (χ3v) is 7.25. The van der Waals surface area contributed by atoms with Gasteiger partial charge in [0.05, 0.1) is 5.92 Å². The third kappa shape index (κ3) is 5.88. The Morgan fingerprint density at radius 2 is 1.71 bits per heavy atom. The fraction of sp³-hybridized carbons (Fsp3) is 0.692. The van der Waals surface area contributed by atoms with E-state index in [4.69, 9.17) is 0 Å². The summed E-state index contributed by atoms with van der Waals surface area (Å²) in [6.45, 7) is 13.8. The maximum absolute atomic E-state index is 13.0. The average molecular weight is 428 g/mol. The molecule has 172 valence electrons. The zero-order chi connectivity index (χ0) is 22.6. The van der Waals surface area contributed by atoms with Crippen LogP contribution in [-0.2, 0) is 9.59 Å². The summed E-state index contributed by atoms with van der Waals surface area (Å²) in [6.07, 6.45) is 15.8. The van der Waals surface area contributed by atoms with Crippen LogP contribution in [0.4, 0.5) is 0 Å². The molecule has 2 fully saturated rings. The van der Waals surface area contributed by atoms with Crippen LogP contribution in [0.5, 0.6) is 0 Å². The van der Waals surface area contributed by atoms with Gasteiger partial charge < -0.3 is 10.6 Å². The van der Waals surface area contributed by atoms with Crippen LogP contribution in [-0.4, -0.2) is 46.4 Å². The van der Waals surface area contributed by atoms with Crippen molar-refractivity contribution < 1.29 is 9.59 Å². The standard InChI is InChI=1S/C26H41N3O2/c1-6-16-29-25(2,3)17-22(18-26(29,4)5)28-24(31)20-14-12-19(13-15-20)23(30)27-21-10-8-7-9-11-21/h6,12-14,20-22H,1,7-11,15-18H2,2-5H3,(H,27,30)(H,28,31). The fourth-order valence-corrected chi connectivity index (χ4v) is 5.85. The van der Waals surface area contributed by atoms with Crippen molar-refractivity contribution in [1.29, 1.82) is 0 Å². The van der Waals surface area contributed by atoms with Crippen molar-refractivity contribution in [3.63, 3.8) is 0 Å². The van der Waals surface area contributed by atoms with E-state index in [1.165, 1.54) is 19.3 Å². The lowest BCUT2D eigenvalue weighted by atomic mass is 9.76. The first-order valence-corrected chi connectivity index (χ1v) is 12.0. The number of amides is 2. The van der Waals surface area contributed by atoms with Gasteiger partial charge in [-0.2, -0.15) is 0 Å². The second-order valence-corrected chi connectivity index (χ2v) is 10.8. The summed E-state index contributed by atoms with van der Waals surface area (Å²) in [6, 6.07) is 0.446. The lowest BCUT2D eigenvalue weighted by Gasteiger charge is -2.55. The summed E-state index contributed by atoms with van der Waals surface area (Å²) in [5.41, 5.74) is 0.663. The fourth-order valence-electron chi connectivity index (χ4n) is 5.85. The molecule has 1 heterocycles. The predicted molar refractivity (Wildman–Crippen MR) is 127 cm³/mol. The number of rotatable bonds is 6. The van der Waals surface area contributed by atoms with Crippen molar-refractivity contribution in [2.45, 2.75) is 102 Å². The van der Waals surface area contributed by atoms with Gasteiger partial charge in [-0.25, -0.2) is 0 Å². The number of carbonyl (C=O) groups excluding carboxylic acids is 2. The third-order valence-electron chi connectivity index (χ3n) is 7.25. The predicted octanol–water partition coefficient (Wildman–Crippen LogP) is 4.26. The molecule has 0 bridgehead atoms. The molecule has 0 radical (unpaired) electrons. The van der Waals surface area contributed by atoms with Crippen molar-refractivity contribution in [3.05, 3.63) is 36.5 Å². The van der Waals surface area contributed by atoms with Gasteiger partial charge in [0.2, 0.25) is 5.91 Å². The maximum Gasteiger partial charge on any atom is 0.251 e.